The van der Waals surface area contributed by atoms with Crippen molar-refractivity contribution in [2.75, 3.05) is 0 Å². The van der Waals surface area contributed by atoms with E-state index in [0.717, 1.165) is 20.1 Å². The summed E-state index contributed by atoms with van der Waals surface area (Å²) in [5, 5.41) is 9.75. The molecule has 3 aromatic rings. The third-order valence-electron chi connectivity index (χ3n) is 4.17. The monoisotopic (exact) mass is 464 g/mol. The normalized spacial score (nSPS) is 10.9. The van der Waals surface area contributed by atoms with Crippen molar-refractivity contribution in [3.05, 3.63) is 72.6 Å². The molecular formula is C20H17IO5. The Hall–Kier alpha value is -2.35. The van der Waals surface area contributed by atoms with Gasteiger partial charge in [-0.25, -0.2) is 4.79 Å². The smallest absolute Gasteiger partial charge is 0.340 e. The number of hydrogen-bond donors (Lipinski definition) is 1. The zero-order chi connectivity index (χ0) is 18.8. The molecule has 0 aliphatic rings. The predicted molar refractivity (Wildman–Crippen MR) is 107 cm³/mol. The van der Waals surface area contributed by atoms with Crippen molar-refractivity contribution in [3.8, 4) is 5.75 Å². The number of halogens is 1. The molecule has 0 spiro atoms. The van der Waals surface area contributed by atoms with Crippen LogP contribution in [0.15, 0.2) is 45.6 Å². The predicted octanol–water partition coefficient (Wildman–Crippen LogP) is 4.22. The first-order valence-corrected chi connectivity index (χ1v) is 9.09. The largest absolute Gasteiger partial charge is 0.489 e. The second-order valence-corrected chi connectivity index (χ2v) is 7.34. The van der Waals surface area contributed by atoms with E-state index in [4.69, 9.17) is 14.3 Å². The van der Waals surface area contributed by atoms with Gasteiger partial charge in [0.25, 0.3) is 0 Å². The molecule has 3 rings (SSSR count). The van der Waals surface area contributed by atoms with Gasteiger partial charge in [-0.15, -0.1) is 0 Å². The fraction of sp³-hybridized carbons (Fsp3) is 0.200. The number of ether oxygens (including phenoxy) is 1. The molecule has 1 N–H and O–H groups in total. The first-order chi connectivity index (χ1) is 12.3. The van der Waals surface area contributed by atoms with Crippen LogP contribution in [0.4, 0.5) is 0 Å². The zero-order valence-corrected chi connectivity index (χ0v) is 16.5. The van der Waals surface area contributed by atoms with E-state index in [-0.39, 0.29) is 12.0 Å². The molecule has 2 aromatic carbocycles. The summed E-state index contributed by atoms with van der Waals surface area (Å²) >= 11 is 2.25. The first-order valence-electron chi connectivity index (χ1n) is 8.01. The van der Waals surface area contributed by atoms with Gasteiger partial charge in [0.05, 0.1) is 12.0 Å². The minimum absolute atomic E-state index is 0.181. The van der Waals surface area contributed by atoms with Gasteiger partial charge in [-0.2, -0.15) is 0 Å². The summed E-state index contributed by atoms with van der Waals surface area (Å²) < 4.78 is 12.3. The van der Waals surface area contributed by atoms with Gasteiger partial charge in [-0.1, -0.05) is 12.1 Å². The van der Waals surface area contributed by atoms with Gasteiger partial charge in [0.15, 0.2) is 0 Å². The highest BCUT2D eigenvalue weighted by Gasteiger charge is 2.16. The molecule has 0 saturated heterocycles. The Morgan fingerprint density at radius 2 is 2.00 bits per heavy atom. The number of aryl methyl sites for hydroxylation is 2. The molecule has 6 heteroatoms. The van der Waals surface area contributed by atoms with Gasteiger partial charge < -0.3 is 14.3 Å². The highest BCUT2D eigenvalue weighted by molar-refractivity contribution is 14.1. The molecule has 0 atom stereocenters. The average Bonchev–Trinajstić information content (AvgIpc) is 2.56. The minimum atomic E-state index is -1.06. The maximum Gasteiger partial charge on any atom is 0.340 e. The summed E-state index contributed by atoms with van der Waals surface area (Å²) in [4.78, 5) is 23.1. The van der Waals surface area contributed by atoms with Crippen LogP contribution in [0, 0.1) is 17.4 Å². The van der Waals surface area contributed by atoms with E-state index in [1.807, 2.05) is 37.3 Å². The molecule has 0 aliphatic carbocycles. The van der Waals surface area contributed by atoms with Gasteiger partial charge in [0.2, 0.25) is 0 Å². The lowest BCUT2D eigenvalue weighted by atomic mass is 10.00. The molecule has 0 radical (unpaired) electrons. The Balaban J connectivity index is 1.97. The van der Waals surface area contributed by atoms with Crippen LogP contribution in [-0.2, 0) is 17.8 Å². The van der Waals surface area contributed by atoms with Crippen LogP contribution in [0.1, 0.15) is 22.3 Å². The second kappa shape index (κ2) is 7.49. The van der Waals surface area contributed by atoms with Crippen molar-refractivity contribution in [2.24, 2.45) is 0 Å². The quantitative estimate of drug-likeness (QED) is 0.452. The van der Waals surface area contributed by atoms with Crippen LogP contribution < -0.4 is 10.4 Å². The van der Waals surface area contributed by atoms with Gasteiger partial charge in [-0.05, 0) is 71.3 Å². The average molecular weight is 464 g/mol. The minimum Gasteiger partial charge on any atom is -0.489 e. The lowest BCUT2D eigenvalue weighted by Gasteiger charge is -2.12. The fourth-order valence-electron chi connectivity index (χ4n) is 2.98. The molecule has 1 aromatic heterocycles. The number of fused-ring (bicyclic) bond motifs is 1. The summed E-state index contributed by atoms with van der Waals surface area (Å²) in [5.74, 6) is -0.461. The first kappa shape index (κ1) is 18.4. The summed E-state index contributed by atoms with van der Waals surface area (Å²) in [6, 6.07) is 11.5. The van der Waals surface area contributed by atoms with Gasteiger partial charge in [0, 0.05) is 15.0 Å². The van der Waals surface area contributed by atoms with Crippen molar-refractivity contribution in [1.29, 1.82) is 0 Å². The third kappa shape index (κ3) is 3.90. The molecule has 0 saturated carbocycles. The molecule has 0 aliphatic heterocycles. The molecule has 26 heavy (non-hydrogen) atoms. The van der Waals surface area contributed by atoms with Gasteiger partial charge in [-0.3, -0.25) is 4.79 Å². The Bertz CT molecular complexity index is 1050. The SMILES string of the molecule is Cc1cc(OCc2cccc(I)c2)cc2oc(=O)c(CC(=O)O)c(C)c12. The molecule has 0 fully saturated rings. The highest BCUT2D eigenvalue weighted by atomic mass is 127. The molecule has 0 unspecified atom stereocenters. The molecular weight excluding hydrogens is 447 g/mol. The van der Waals surface area contributed by atoms with Crippen LogP contribution in [0.2, 0.25) is 0 Å². The zero-order valence-electron chi connectivity index (χ0n) is 14.3. The van der Waals surface area contributed by atoms with E-state index in [9.17, 15) is 9.59 Å². The lowest BCUT2D eigenvalue weighted by molar-refractivity contribution is -0.136. The summed E-state index contributed by atoms with van der Waals surface area (Å²) in [7, 11) is 0. The molecule has 134 valence electrons. The summed E-state index contributed by atoms with van der Waals surface area (Å²) in [6.07, 6.45) is -0.353. The van der Waals surface area contributed by atoms with Crippen molar-refractivity contribution >= 4 is 39.5 Å². The Labute approximate surface area is 163 Å². The fourth-order valence-corrected chi connectivity index (χ4v) is 3.59. The standard InChI is InChI=1S/C20H17IO5/c1-11-6-15(25-10-13-4-3-5-14(21)7-13)8-17-19(11)12(2)16(9-18(22)23)20(24)26-17/h3-8H,9-10H2,1-2H3,(H,22,23). The highest BCUT2D eigenvalue weighted by Crippen LogP contribution is 2.28. The number of rotatable bonds is 5. The van der Waals surface area contributed by atoms with Crippen molar-refractivity contribution in [1.82, 2.24) is 0 Å². The maximum atomic E-state index is 12.2. The van der Waals surface area contributed by atoms with E-state index in [0.29, 0.717) is 23.5 Å². The maximum absolute atomic E-state index is 12.2. The van der Waals surface area contributed by atoms with E-state index in [1.54, 1.807) is 13.0 Å². The molecule has 1 heterocycles. The number of carboxylic acid groups (broad SMARTS) is 1. The summed E-state index contributed by atoms with van der Waals surface area (Å²) in [5.41, 5.74) is 2.52. The van der Waals surface area contributed by atoms with Crippen LogP contribution >= 0.6 is 22.6 Å². The van der Waals surface area contributed by atoms with Gasteiger partial charge >= 0.3 is 11.6 Å². The Morgan fingerprint density at radius 3 is 2.69 bits per heavy atom. The molecule has 5 nitrogen and oxygen atoms in total. The van der Waals surface area contributed by atoms with Crippen molar-refractivity contribution < 1.29 is 19.1 Å². The van der Waals surface area contributed by atoms with E-state index in [2.05, 4.69) is 22.6 Å². The number of carbonyl (C=O) groups is 1. The second-order valence-electron chi connectivity index (χ2n) is 6.10. The van der Waals surface area contributed by atoms with Crippen molar-refractivity contribution in [2.45, 2.75) is 26.9 Å². The number of carboxylic acids is 1. The van der Waals surface area contributed by atoms with E-state index >= 15 is 0 Å². The van der Waals surface area contributed by atoms with Crippen molar-refractivity contribution in [3.63, 3.8) is 0 Å². The third-order valence-corrected chi connectivity index (χ3v) is 4.84. The van der Waals surface area contributed by atoms with E-state index < -0.39 is 11.6 Å². The lowest BCUT2D eigenvalue weighted by Crippen LogP contribution is -2.15. The van der Waals surface area contributed by atoms with Crippen LogP contribution in [0.25, 0.3) is 11.0 Å². The topological polar surface area (TPSA) is 76.7 Å². The number of hydrogen-bond acceptors (Lipinski definition) is 4. The van der Waals surface area contributed by atoms with Crippen LogP contribution in [0.5, 0.6) is 5.75 Å². The molecule has 0 bridgehead atoms. The Morgan fingerprint density at radius 1 is 1.23 bits per heavy atom. The Kier molecular flexibility index (Phi) is 5.31. The van der Waals surface area contributed by atoms with Gasteiger partial charge in [0.1, 0.15) is 17.9 Å². The molecule has 0 amide bonds. The van der Waals surface area contributed by atoms with E-state index in [1.165, 1.54) is 0 Å². The van der Waals surface area contributed by atoms with Crippen LogP contribution in [-0.4, -0.2) is 11.1 Å². The summed E-state index contributed by atoms with van der Waals surface area (Å²) in [6.45, 7) is 4.04. The van der Waals surface area contributed by atoms with Crippen LogP contribution in [0.3, 0.4) is 0 Å². The number of benzene rings is 2. The number of aliphatic carboxylic acids is 1.